The molecule has 3 aliphatic heterocycles. The second-order valence-electron chi connectivity index (χ2n) is 8.63. The SMILES string of the molecule is COc1ccc(C2CCN(C(=O)c3ccc4c(c3)C(=O)N(CC3CCCO3)C4=O)C2)cc1. The van der Waals surface area contributed by atoms with Crippen LogP contribution in [-0.2, 0) is 4.74 Å². The molecule has 5 rings (SSSR count). The van der Waals surface area contributed by atoms with Crippen molar-refractivity contribution in [3.63, 3.8) is 0 Å². The van der Waals surface area contributed by atoms with Gasteiger partial charge < -0.3 is 14.4 Å². The maximum absolute atomic E-state index is 13.1. The molecule has 0 N–H and O–H groups in total. The monoisotopic (exact) mass is 434 g/mol. The Morgan fingerprint density at radius 1 is 1.06 bits per heavy atom. The van der Waals surface area contributed by atoms with Crippen LogP contribution < -0.4 is 4.74 Å². The second kappa shape index (κ2) is 8.39. The van der Waals surface area contributed by atoms with E-state index in [0.29, 0.717) is 36.4 Å². The van der Waals surface area contributed by atoms with Crippen molar-refractivity contribution in [3.8, 4) is 5.75 Å². The van der Waals surface area contributed by atoms with E-state index in [1.54, 1.807) is 25.3 Å². The van der Waals surface area contributed by atoms with Gasteiger partial charge in [0.25, 0.3) is 17.7 Å². The van der Waals surface area contributed by atoms with Gasteiger partial charge in [-0.1, -0.05) is 12.1 Å². The number of likely N-dealkylation sites (tertiary alicyclic amines) is 1. The molecule has 0 aliphatic carbocycles. The Morgan fingerprint density at radius 3 is 2.56 bits per heavy atom. The lowest BCUT2D eigenvalue weighted by Gasteiger charge is -2.18. The van der Waals surface area contributed by atoms with E-state index in [1.807, 2.05) is 29.2 Å². The van der Waals surface area contributed by atoms with E-state index in [4.69, 9.17) is 9.47 Å². The smallest absolute Gasteiger partial charge is 0.261 e. The average molecular weight is 434 g/mol. The molecular weight excluding hydrogens is 408 g/mol. The summed E-state index contributed by atoms with van der Waals surface area (Å²) in [5.41, 5.74) is 2.30. The zero-order valence-electron chi connectivity index (χ0n) is 18.1. The molecule has 0 saturated carbocycles. The van der Waals surface area contributed by atoms with Gasteiger partial charge in [-0.3, -0.25) is 19.3 Å². The van der Waals surface area contributed by atoms with E-state index < -0.39 is 0 Å². The Hall–Kier alpha value is -3.19. The fraction of sp³-hybridized carbons (Fsp3) is 0.400. The minimum atomic E-state index is -0.340. The summed E-state index contributed by atoms with van der Waals surface area (Å²) >= 11 is 0. The second-order valence-corrected chi connectivity index (χ2v) is 8.63. The van der Waals surface area contributed by atoms with E-state index in [9.17, 15) is 14.4 Å². The van der Waals surface area contributed by atoms with E-state index >= 15 is 0 Å². The maximum Gasteiger partial charge on any atom is 0.261 e. The highest BCUT2D eigenvalue weighted by molar-refractivity contribution is 6.22. The van der Waals surface area contributed by atoms with Crippen LogP contribution in [0.15, 0.2) is 42.5 Å². The molecule has 7 nitrogen and oxygen atoms in total. The standard InChI is InChI=1S/C25H26N2O5/c1-31-19-7-4-16(5-8-19)18-10-11-26(14-18)23(28)17-6-9-21-22(13-17)25(30)27(24(21)29)15-20-3-2-12-32-20/h4-9,13,18,20H,2-3,10-12,14-15H2,1H3. The van der Waals surface area contributed by atoms with Crippen molar-refractivity contribution >= 4 is 17.7 Å². The number of carbonyl (C=O) groups is 3. The third-order valence-electron chi connectivity index (χ3n) is 6.69. The van der Waals surface area contributed by atoms with Gasteiger partial charge in [-0.2, -0.15) is 0 Å². The predicted molar refractivity (Wildman–Crippen MR) is 117 cm³/mol. The topological polar surface area (TPSA) is 76.2 Å². The summed E-state index contributed by atoms with van der Waals surface area (Å²) < 4.78 is 10.8. The van der Waals surface area contributed by atoms with Crippen molar-refractivity contribution in [1.82, 2.24) is 9.80 Å². The van der Waals surface area contributed by atoms with E-state index in [0.717, 1.165) is 25.0 Å². The quantitative estimate of drug-likeness (QED) is 0.676. The summed E-state index contributed by atoms with van der Waals surface area (Å²) in [6.45, 7) is 2.22. The number of hydrogen-bond donors (Lipinski definition) is 0. The first kappa shape index (κ1) is 20.7. The number of methoxy groups -OCH3 is 1. The van der Waals surface area contributed by atoms with E-state index in [2.05, 4.69) is 0 Å². The van der Waals surface area contributed by atoms with E-state index in [-0.39, 0.29) is 36.3 Å². The highest BCUT2D eigenvalue weighted by Gasteiger charge is 2.38. The summed E-state index contributed by atoms with van der Waals surface area (Å²) in [7, 11) is 1.64. The first-order chi connectivity index (χ1) is 15.5. The fourth-order valence-corrected chi connectivity index (χ4v) is 4.86. The van der Waals surface area contributed by atoms with Crippen LogP contribution in [-0.4, -0.2) is 67.0 Å². The van der Waals surface area contributed by atoms with Gasteiger partial charge >= 0.3 is 0 Å². The molecule has 2 unspecified atom stereocenters. The lowest BCUT2D eigenvalue weighted by molar-refractivity contribution is 0.0475. The molecule has 0 aromatic heterocycles. The number of fused-ring (bicyclic) bond motifs is 1. The van der Waals surface area contributed by atoms with Crippen molar-refractivity contribution < 1.29 is 23.9 Å². The van der Waals surface area contributed by atoms with Gasteiger partial charge in [-0.25, -0.2) is 0 Å². The minimum absolute atomic E-state index is 0.0993. The van der Waals surface area contributed by atoms with Crippen LogP contribution in [0, 0.1) is 0 Å². The first-order valence-corrected chi connectivity index (χ1v) is 11.1. The highest BCUT2D eigenvalue weighted by atomic mass is 16.5. The molecule has 2 aromatic carbocycles. The number of hydrogen-bond acceptors (Lipinski definition) is 5. The molecule has 0 bridgehead atoms. The molecule has 0 spiro atoms. The maximum atomic E-state index is 13.1. The van der Waals surface area contributed by atoms with Gasteiger partial charge in [-0.05, 0) is 55.2 Å². The summed E-state index contributed by atoms with van der Waals surface area (Å²) in [5, 5.41) is 0. The molecule has 3 aliphatic rings. The van der Waals surface area contributed by atoms with Gasteiger partial charge in [0.1, 0.15) is 5.75 Å². The van der Waals surface area contributed by atoms with Crippen LogP contribution in [0.5, 0.6) is 5.75 Å². The molecular formula is C25H26N2O5. The number of carbonyl (C=O) groups excluding carboxylic acids is 3. The zero-order chi connectivity index (χ0) is 22.2. The summed E-state index contributed by atoms with van der Waals surface area (Å²) in [5.74, 6) is 0.324. The number of imide groups is 1. The third kappa shape index (κ3) is 3.66. The van der Waals surface area contributed by atoms with Crippen molar-refractivity contribution in [2.45, 2.75) is 31.3 Å². The lowest BCUT2D eigenvalue weighted by Crippen LogP contribution is -2.36. The largest absolute Gasteiger partial charge is 0.497 e. The number of rotatable bonds is 5. The van der Waals surface area contributed by atoms with Crippen LogP contribution in [0.2, 0.25) is 0 Å². The Kier molecular flexibility index (Phi) is 5.43. The van der Waals surface area contributed by atoms with Crippen LogP contribution in [0.4, 0.5) is 0 Å². The normalized spacial score (nSPS) is 22.5. The summed E-state index contributed by atoms with van der Waals surface area (Å²) in [6.07, 6.45) is 2.58. The van der Waals surface area contributed by atoms with Crippen molar-refractivity contribution in [2.75, 3.05) is 33.4 Å². The van der Waals surface area contributed by atoms with Crippen LogP contribution in [0.25, 0.3) is 0 Å². The van der Waals surface area contributed by atoms with Gasteiger partial charge in [0.15, 0.2) is 0 Å². The van der Waals surface area contributed by atoms with Gasteiger partial charge in [-0.15, -0.1) is 0 Å². The fourth-order valence-electron chi connectivity index (χ4n) is 4.86. The molecule has 2 saturated heterocycles. The Balaban J connectivity index is 1.29. The number of ether oxygens (including phenoxy) is 2. The number of nitrogens with zero attached hydrogens (tertiary/aromatic N) is 2. The lowest BCUT2D eigenvalue weighted by atomic mass is 9.98. The summed E-state index contributed by atoms with van der Waals surface area (Å²) in [4.78, 5) is 41.8. The highest BCUT2D eigenvalue weighted by Crippen LogP contribution is 2.31. The molecule has 2 fully saturated rings. The Bertz CT molecular complexity index is 1060. The van der Waals surface area contributed by atoms with Gasteiger partial charge in [0.2, 0.25) is 0 Å². The van der Waals surface area contributed by atoms with E-state index in [1.165, 1.54) is 10.5 Å². The Morgan fingerprint density at radius 2 is 1.84 bits per heavy atom. The van der Waals surface area contributed by atoms with Crippen LogP contribution >= 0.6 is 0 Å². The van der Waals surface area contributed by atoms with Gasteiger partial charge in [0, 0.05) is 31.2 Å². The van der Waals surface area contributed by atoms with Gasteiger partial charge in [0.05, 0.1) is 30.9 Å². The predicted octanol–water partition coefficient (Wildman–Crippen LogP) is 3.10. The average Bonchev–Trinajstić information content (AvgIpc) is 3.57. The van der Waals surface area contributed by atoms with Crippen molar-refractivity contribution in [1.29, 1.82) is 0 Å². The number of benzene rings is 2. The molecule has 7 heteroatoms. The summed E-state index contributed by atoms with van der Waals surface area (Å²) in [6, 6.07) is 12.8. The molecule has 2 atom stereocenters. The molecule has 32 heavy (non-hydrogen) atoms. The molecule has 0 radical (unpaired) electrons. The van der Waals surface area contributed by atoms with Crippen molar-refractivity contribution in [2.24, 2.45) is 0 Å². The van der Waals surface area contributed by atoms with Crippen molar-refractivity contribution in [3.05, 3.63) is 64.7 Å². The molecule has 3 heterocycles. The van der Waals surface area contributed by atoms with Crippen LogP contribution in [0.1, 0.15) is 61.8 Å². The molecule has 3 amide bonds. The third-order valence-corrected chi connectivity index (χ3v) is 6.69. The Labute approximate surface area is 186 Å². The number of amides is 3. The minimum Gasteiger partial charge on any atom is -0.497 e. The molecule has 2 aromatic rings. The van der Waals surface area contributed by atoms with Crippen LogP contribution in [0.3, 0.4) is 0 Å². The zero-order valence-corrected chi connectivity index (χ0v) is 18.1. The molecule has 166 valence electrons. The first-order valence-electron chi connectivity index (χ1n) is 11.1.